The number of para-hydroxylation sites is 3. The molecular formula is C26H21N5O3. The molecular weight excluding hydrogens is 430 g/mol. The number of imidazole rings is 1. The van der Waals surface area contributed by atoms with Gasteiger partial charge in [0.2, 0.25) is 0 Å². The maximum absolute atomic E-state index is 12.7. The summed E-state index contributed by atoms with van der Waals surface area (Å²) in [6.45, 7) is 0.478. The molecule has 0 saturated heterocycles. The molecule has 0 radical (unpaired) electrons. The number of anilines is 1. The lowest BCUT2D eigenvalue weighted by atomic mass is 10.2. The third-order valence-electron chi connectivity index (χ3n) is 5.22. The second-order valence-corrected chi connectivity index (χ2v) is 7.58. The summed E-state index contributed by atoms with van der Waals surface area (Å²) in [6.07, 6.45) is 0. The predicted octanol–water partition coefficient (Wildman–Crippen LogP) is 4.12. The second-order valence-electron chi connectivity index (χ2n) is 7.58. The maximum atomic E-state index is 12.7. The van der Waals surface area contributed by atoms with E-state index in [1.165, 1.54) is 16.8 Å². The van der Waals surface area contributed by atoms with E-state index in [4.69, 9.17) is 4.74 Å². The summed E-state index contributed by atoms with van der Waals surface area (Å²) >= 11 is 0. The summed E-state index contributed by atoms with van der Waals surface area (Å²) in [5.74, 6) is 1.05. The van der Waals surface area contributed by atoms with Gasteiger partial charge in [0.15, 0.2) is 0 Å². The molecule has 168 valence electrons. The highest BCUT2D eigenvalue weighted by Gasteiger charge is 2.11. The Bertz CT molecular complexity index is 1460. The Labute approximate surface area is 194 Å². The zero-order valence-electron chi connectivity index (χ0n) is 18.1. The van der Waals surface area contributed by atoms with E-state index in [1.54, 1.807) is 12.1 Å². The zero-order valence-corrected chi connectivity index (χ0v) is 18.1. The van der Waals surface area contributed by atoms with Crippen molar-refractivity contribution in [3.63, 3.8) is 0 Å². The normalized spacial score (nSPS) is 10.8. The molecule has 2 aromatic heterocycles. The molecule has 0 aliphatic carbocycles. The van der Waals surface area contributed by atoms with Crippen LogP contribution in [0, 0.1) is 0 Å². The number of hydrogen-bond donors (Lipinski definition) is 2. The van der Waals surface area contributed by atoms with E-state index < -0.39 is 5.91 Å². The van der Waals surface area contributed by atoms with Gasteiger partial charge in [-0.3, -0.25) is 9.59 Å². The third kappa shape index (κ3) is 4.71. The number of fused-ring (bicyclic) bond motifs is 1. The summed E-state index contributed by atoms with van der Waals surface area (Å²) in [5, 5.41) is 7.00. The lowest BCUT2D eigenvalue weighted by molar-refractivity contribution is 0.101. The van der Waals surface area contributed by atoms with Gasteiger partial charge in [0, 0.05) is 17.3 Å². The molecule has 1 amide bonds. The summed E-state index contributed by atoms with van der Waals surface area (Å²) in [6, 6.07) is 27.2. The van der Waals surface area contributed by atoms with Crippen molar-refractivity contribution < 1.29 is 9.53 Å². The Balaban J connectivity index is 1.24. The van der Waals surface area contributed by atoms with E-state index in [0.717, 1.165) is 22.4 Å². The summed E-state index contributed by atoms with van der Waals surface area (Å²) in [5.41, 5.74) is 3.20. The number of benzene rings is 3. The number of nitrogens with one attached hydrogen (secondary N) is 2. The molecule has 3 aromatic carbocycles. The average molecular weight is 451 g/mol. The molecule has 0 saturated carbocycles. The molecule has 8 nitrogen and oxygen atoms in total. The smallest absolute Gasteiger partial charge is 0.276 e. The molecule has 0 aliphatic rings. The number of hydrogen-bond acceptors (Lipinski definition) is 5. The fraction of sp³-hybridized carbons (Fsp3) is 0.0769. The number of aromatic amines is 1. The van der Waals surface area contributed by atoms with E-state index in [1.807, 2.05) is 66.7 Å². The number of aromatic nitrogens is 4. The maximum Gasteiger partial charge on any atom is 0.276 e. The number of carbonyl (C=O) groups is 1. The van der Waals surface area contributed by atoms with Crippen LogP contribution in [0.4, 0.5) is 5.69 Å². The topological polar surface area (TPSA) is 102 Å². The van der Waals surface area contributed by atoms with E-state index in [2.05, 4.69) is 20.4 Å². The van der Waals surface area contributed by atoms with Crippen LogP contribution in [0.15, 0.2) is 95.8 Å². The van der Waals surface area contributed by atoms with Gasteiger partial charge >= 0.3 is 0 Å². The van der Waals surface area contributed by atoms with Crippen molar-refractivity contribution in [2.75, 3.05) is 11.9 Å². The Morgan fingerprint density at radius 2 is 1.68 bits per heavy atom. The second kappa shape index (κ2) is 9.41. The first-order valence-corrected chi connectivity index (χ1v) is 10.8. The fourth-order valence-electron chi connectivity index (χ4n) is 3.49. The minimum atomic E-state index is -0.408. The van der Waals surface area contributed by atoms with Crippen LogP contribution < -0.4 is 15.6 Å². The quantitative estimate of drug-likeness (QED) is 0.388. The summed E-state index contributed by atoms with van der Waals surface area (Å²) in [7, 11) is 0. The van der Waals surface area contributed by atoms with E-state index in [9.17, 15) is 9.59 Å². The van der Waals surface area contributed by atoms with E-state index in [-0.39, 0.29) is 24.4 Å². The average Bonchev–Trinajstić information content (AvgIpc) is 3.31. The number of carbonyl (C=O) groups excluding carboxylic acids is 1. The molecule has 0 unspecified atom stereocenters. The molecule has 5 rings (SSSR count). The first-order valence-electron chi connectivity index (χ1n) is 10.8. The number of amides is 1. The van der Waals surface area contributed by atoms with Crippen LogP contribution in [0.2, 0.25) is 0 Å². The number of nitrogens with zero attached hydrogens (tertiary/aromatic N) is 3. The van der Waals surface area contributed by atoms with E-state index >= 15 is 0 Å². The van der Waals surface area contributed by atoms with Crippen LogP contribution in [-0.4, -0.2) is 32.3 Å². The Morgan fingerprint density at radius 1 is 0.912 bits per heavy atom. The van der Waals surface area contributed by atoms with Gasteiger partial charge < -0.3 is 15.0 Å². The lowest BCUT2D eigenvalue weighted by Crippen LogP contribution is -2.28. The van der Waals surface area contributed by atoms with Gasteiger partial charge in [-0.1, -0.05) is 30.3 Å². The molecule has 0 bridgehead atoms. The van der Waals surface area contributed by atoms with Crippen molar-refractivity contribution in [1.82, 2.24) is 19.7 Å². The van der Waals surface area contributed by atoms with Crippen LogP contribution in [0.3, 0.4) is 0 Å². The summed E-state index contributed by atoms with van der Waals surface area (Å²) < 4.78 is 6.84. The number of ether oxygens (including phenoxy) is 1. The molecule has 2 N–H and O–H groups in total. The molecule has 34 heavy (non-hydrogen) atoms. The van der Waals surface area contributed by atoms with Crippen molar-refractivity contribution in [3.05, 3.63) is 107 Å². The highest BCUT2D eigenvalue weighted by atomic mass is 16.5. The van der Waals surface area contributed by atoms with Crippen LogP contribution >= 0.6 is 0 Å². The van der Waals surface area contributed by atoms with Gasteiger partial charge in [0.25, 0.3) is 11.5 Å². The molecule has 5 aromatic rings. The Hall–Kier alpha value is -4.72. The zero-order chi connectivity index (χ0) is 23.3. The molecule has 2 heterocycles. The van der Waals surface area contributed by atoms with Gasteiger partial charge in [-0.15, -0.1) is 0 Å². The minimum absolute atomic E-state index is 0.140. The van der Waals surface area contributed by atoms with Crippen LogP contribution in [0.5, 0.6) is 5.75 Å². The highest BCUT2D eigenvalue weighted by Crippen LogP contribution is 2.22. The molecule has 0 atom stereocenters. The van der Waals surface area contributed by atoms with Crippen molar-refractivity contribution >= 4 is 22.6 Å². The van der Waals surface area contributed by atoms with Gasteiger partial charge in [-0.25, -0.2) is 9.67 Å². The van der Waals surface area contributed by atoms with E-state index in [0.29, 0.717) is 11.4 Å². The number of H-pyrrole nitrogens is 1. The first-order chi connectivity index (χ1) is 16.7. The molecule has 0 spiro atoms. The van der Waals surface area contributed by atoms with Crippen molar-refractivity contribution in [3.8, 4) is 17.1 Å². The van der Waals surface area contributed by atoms with Crippen molar-refractivity contribution in [2.45, 2.75) is 6.54 Å². The van der Waals surface area contributed by atoms with Gasteiger partial charge in [0.1, 0.15) is 23.9 Å². The monoisotopic (exact) mass is 451 g/mol. The van der Waals surface area contributed by atoms with Crippen molar-refractivity contribution in [1.29, 1.82) is 0 Å². The first kappa shape index (κ1) is 21.1. The van der Waals surface area contributed by atoms with Crippen molar-refractivity contribution in [2.24, 2.45) is 0 Å². The molecule has 0 fully saturated rings. The molecule has 0 aliphatic heterocycles. The van der Waals surface area contributed by atoms with Gasteiger partial charge in [0.05, 0.1) is 17.6 Å². The van der Waals surface area contributed by atoms with Gasteiger partial charge in [-0.05, 0) is 54.6 Å². The Morgan fingerprint density at radius 3 is 2.47 bits per heavy atom. The molecule has 8 heteroatoms. The lowest BCUT2D eigenvalue weighted by Gasteiger charge is -2.09. The van der Waals surface area contributed by atoms with Gasteiger partial charge in [-0.2, -0.15) is 5.10 Å². The summed E-state index contributed by atoms with van der Waals surface area (Å²) in [4.78, 5) is 32.7. The fourth-order valence-corrected chi connectivity index (χ4v) is 3.49. The Kier molecular flexibility index (Phi) is 5.85. The largest absolute Gasteiger partial charge is 0.492 e. The van der Waals surface area contributed by atoms with Crippen LogP contribution in [-0.2, 0) is 6.54 Å². The standard InChI is InChI=1S/C26H21N5O3/c32-24-15-14-23(30-31(24)16-17-34-20-6-2-1-3-7-20)26(33)27-19-12-10-18(11-13-19)25-28-21-8-4-5-9-22(21)29-25/h1-15H,16-17H2,(H,27,33)(H,28,29). The minimum Gasteiger partial charge on any atom is -0.492 e. The van der Waals surface area contributed by atoms with Crippen LogP contribution in [0.1, 0.15) is 10.5 Å². The SMILES string of the molecule is O=C(Nc1ccc(-c2nc3ccccc3[nH]2)cc1)c1ccc(=O)n(CCOc2ccccc2)n1. The van der Waals surface area contributed by atoms with Crippen LogP contribution in [0.25, 0.3) is 22.4 Å². The highest BCUT2D eigenvalue weighted by molar-refractivity contribution is 6.02. The third-order valence-corrected chi connectivity index (χ3v) is 5.22. The predicted molar refractivity (Wildman–Crippen MR) is 130 cm³/mol. The number of rotatable bonds is 7.